The molecule has 0 spiro atoms. The third-order valence-electron chi connectivity index (χ3n) is 1.19. The molecule has 0 N–H and O–H groups in total. The first-order valence-corrected chi connectivity index (χ1v) is 3.10. The largest absolute Gasteiger partial charge is 0.479 e. The lowest BCUT2D eigenvalue weighted by atomic mass is 10.4. The average molecular weight is 152 g/mol. The molecule has 4 heteroatoms. The molecule has 58 valence electrons. The van der Waals surface area contributed by atoms with E-state index >= 15 is 0 Å². The standard InChI is InChI=1S/C7H8N2O2/c1-5-3-8-7(11-2)6(4-10)9-5/h3-4H,1-2H3. The van der Waals surface area contributed by atoms with Gasteiger partial charge in [-0.25, -0.2) is 9.97 Å². The Balaban J connectivity index is 3.16. The third-order valence-corrected chi connectivity index (χ3v) is 1.19. The molecule has 0 aliphatic heterocycles. The van der Waals surface area contributed by atoms with Crippen molar-refractivity contribution in [2.24, 2.45) is 0 Å². The van der Waals surface area contributed by atoms with Crippen molar-refractivity contribution in [3.63, 3.8) is 0 Å². The summed E-state index contributed by atoms with van der Waals surface area (Å²) in [5.41, 5.74) is 0.945. The third kappa shape index (κ3) is 1.52. The maximum atomic E-state index is 10.4. The fraction of sp³-hybridized carbons (Fsp3) is 0.286. The summed E-state index contributed by atoms with van der Waals surface area (Å²) in [6, 6.07) is 0. The van der Waals surface area contributed by atoms with Gasteiger partial charge in [0.1, 0.15) is 0 Å². The minimum absolute atomic E-state index is 0.243. The summed E-state index contributed by atoms with van der Waals surface area (Å²) in [4.78, 5) is 18.1. The number of methoxy groups -OCH3 is 1. The van der Waals surface area contributed by atoms with Crippen molar-refractivity contribution >= 4 is 6.29 Å². The highest BCUT2D eigenvalue weighted by Gasteiger charge is 2.03. The van der Waals surface area contributed by atoms with Crippen LogP contribution in [0.4, 0.5) is 0 Å². The van der Waals surface area contributed by atoms with Crippen LogP contribution in [-0.2, 0) is 0 Å². The van der Waals surface area contributed by atoms with Crippen LogP contribution in [0.5, 0.6) is 5.88 Å². The topological polar surface area (TPSA) is 52.1 Å². The van der Waals surface area contributed by atoms with E-state index in [0.29, 0.717) is 12.0 Å². The number of carbonyl (C=O) groups is 1. The molecule has 0 aromatic carbocycles. The van der Waals surface area contributed by atoms with Gasteiger partial charge < -0.3 is 4.74 Å². The first kappa shape index (κ1) is 7.65. The second-order valence-electron chi connectivity index (χ2n) is 2.02. The van der Waals surface area contributed by atoms with E-state index in [1.807, 2.05) is 0 Å². The Morgan fingerprint density at radius 2 is 2.36 bits per heavy atom. The van der Waals surface area contributed by atoms with Gasteiger partial charge in [0.2, 0.25) is 5.88 Å². The van der Waals surface area contributed by atoms with Crippen molar-refractivity contribution in [2.75, 3.05) is 7.11 Å². The first-order valence-electron chi connectivity index (χ1n) is 3.10. The van der Waals surface area contributed by atoms with Crippen LogP contribution in [0.3, 0.4) is 0 Å². The van der Waals surface area contributed by atoms with Gasteiger partial charge in [-0.05, 0) is 6.92 Å². The lowest BCUT2D eigenvalue weighted by Gasteiger charge is -2.00. The van der Waals surface area contributed by atoms with Gasteiger partial charge in [-0.3, -0.25) is 4.79 Å². The predicted molar refractivity (Wildman–Crippen MR) is 38.7 cm³/mol. The van der Waals surface area contributed by atoms with Gasteiger partial charge in [0.15, 0.2) is 12.0 Å². The number of aryl methyl sites for hydroxylation is 1. The number of hydrogen-bond acceptors (Lipinski definition) is 4. The number of rotatable bonds is 2. The van der Waals surface area contributed by atoms with E-state index < -0.39 is 0 Å². The van der Waals surface area contributed by atoms with Crippen LogP contribution in [0.1, 0.15) is 16.2 Å². The minimum atomic E-state index is 0.243. The van der Waals surface area contributed by atoms with E-state index in [2.05, 4.69) is 9.97 Å². The van der Waals surface area contributed by atoms with Crippen LogP contribution in [-0.4, -0.2) is 23.4 Å². The Morgan fingerprint density at radius 3 is 2.91 bits per heavy atom. The number of nitrogens with zero attached hydrogens (tertiary/aromatic N) is 2. The fourth-order valence-electron chi connectivity index (χ4n) is 0.719. The molecule has 1 heterocycles. The molecule has 1 aromatic rings. The van der Waals surface area contributed by atoms with Gasteiger partial charge in [-0.15, -0.1) is 0 Å². The molecule has 0 bridgehead atoms. The van der Waals surface area contributed by atoms with Crippen molar-refractivity contribution in [2.45, 2.75) is 6.92 Å². The highest BCUT2D eigenvalue weighted by atomic mass is 16.5. The molecule has 1 rings (SSSR count). The zero-order valence-corrected chi connectivity index (χ0v) is 6.37. The lowest BCUT2D eigenvalue weighted by Crippen LogP contribution is -1.98. The molecule has 4 nitrogen and oxygen atoms in total. The normalized spacial score (nSPS) is 9.27. The van der Waals surface area contributed by atoms with E-state index in [1.165, 1.54) is 7.11 Å². The van der Waals surface area contributed by atoms with E-state index in [9.17, 15) is 4.79 Å². The van der Waals surface area contributed by atoms with Gasteiger partial charge in [0.25, 0.3) is 0 Å². The number of aldehydes is 1. The molecule has 0 amide bonds. The molecule has 11 heavy (non-hydrogen) atoms. The van der Waals surface area contributed by atoms with Gasteiger partial charge in [0.05, 0.1) is 19.0 Å². The van der Waals surface area contributed by atoms with Crippen LogP contribution < -0.4 is 4.74 Å². The van der Waals surface area contributed by atoms with Crippen molar-refractivity contribution in [3.05, 3.63) is 17.6 Å². The van der Waals surface area contributed by atoms with Gasteiger partial charge >= 0.3 is 0 Å². The zero-order valence-electron chi connectivity index (χ0n) is 6.37. The summed E-state index contributed by atoms with van der Waals surface area (Å²) in [5, 5.41) is 0. The van der Waals surface area contributed by atoms with E-state index in [1.54, 1.807) is 13.1 Å². The summed E-state index contributed by atoms with van der Waals surface area (Å²) < 4.78 is 4.79. The average Bonchev–Trinajstić information content (AvgIpc) is 2.04. The van der Waals surface area contributed by atoms with Crippen molar-refractivity contribution < 1.29 is 9.53 Å². The molecule has 0 aliphatic rings. The number of ether oxygens (including phenoxy) is 1. The lowest BCUT2D eigenvalue weighted by molar-refractivity contribution is 0.111. The maximum absolute atomic E-state index is 10.4. The maximum Gasteiger partial charge on any atom is 0.243 e. The van der Waals surface area contributed by atoms with Gasteiger partial charge in [0, 0.05) is 0 Å². The highest BCUT2D eigenvalue weighted by molar-refractivity contribution is 5.75. The molecule has 0 fully saturated rings. The number of hydrogen-bond donors (Lipinski definition) is 0. The Morgan fingerprint density at radius 1 is 1.64 bits per heavy atom. The minimum Gasteiger partial charge on any atom is -0.479 e. The SMILES string of the molecule is COc1ncc(C)nc1C=O. The monoisotopic (exact) mass is 152 g/mol. The van der Waals surface area contributed by atoms with Crippen LogP contribution in [0, 0.1) is 6.92 Å². The molecule has 1 aromatic heterocycles. The smallest absolute Gasteiger partial charge is 0.243 e. The molecule has 0 unspecified atom stereocenters. The highest BCUT2D eigenvalue weighted by Crippen LogP contribution is 2.08. The zero-order chi connectivity index (χ0) is 8.27. The Kier molecular flexibility index (Phi) is 2.15. The molecule has 0 saturated heterocycles. The molecular formula is C7H8N2O2. The summed E-state index contributed by atoms with van der Waals surface area (Å²) in [5.74, 6) is 0.269. The second kappa shape index (κ2) is 3.09. The van der Waals surface area contributed by atoms with Crippen LogP contribution in [0.25, 0.3) is 0 Å². The molecule has 0 radical (unpaired) electrons. The molecule has 0 aliphatic carbocycles. The summed E-state index contributed by atoms with van der Waals surface area (Å²) in [6.07, 6.45) is 2.17. The van der Waals surface area contributed by atoms with Crippen LogP contribution in [0.2, 0.25) is 0 Å². The van der Waals surface area contributed by atoms with Crippen molar-refractivity contribution in [1.82, 2.24) is 9.97 Å². The number of aromatic nitrogens is 2. The van der Waals surface area contributed by atoms with Crippen LogP contribution in [0.15, 0.2) is 6.20 Å². The Hall–Kier alpha value is -1.45. The van der Waals surface area contributed by atoms with Crippen molar-refractivity contribution in [3.8, 4) is 5.88 Å². The summed E-state index contributed by atoms with van der Waals surface area (Å²) >= 11 is 0. The molecular weight excluding hydrogens is 144 g/mol. The summed E-state index contributed by atoms with van der Waals surface area (Å²) in [7, 11) is 1.45. The van der Waals surface area contributed by atoms with E-state index in [-0.39, 0.29) is 11.6 Å². The summed E-state index contributed by atoms with van der Waals surface area (Å²) in [6.45, 7) is 1.76. The fourth-order valence-corrected chi connectivity index (χ4v) is 0.719. The number of carbonyl (C=O) groups excluding carboxylic acids is 1. The quantitative estimate of drug-likeness (QED) is 0.582. The van der Waals surface area contributed by atoms with E-state index in [4.69, 9.17) is 4.74 Å². The molecule has 0 atom stereocenters. The molecule has 0 saturated carbocycles. The Labute approximate surface area is 64.2 Å². The Bertz CT molecular complexity index is 273. The van der Waals surface area contributed by atoms with Crippen LogP contribution >= 0.6 is 0 Å². The van der Waals surface area contributed by atoms with Crippen molar-refractivity contribution in [1.29, 1.82) is 0 Å². The van der Waals surface area contributed by atoms with E-state index in [0.717, 1.165) is 0 Å². The first-order chi connectivity index (χ1) is 5.27. The van der Waals surface area contributed by atoms with Gasteiger partial charge in [-0.1, -0.05) is 0 Å². The predicted octanol–water partition coefficient (Wildman–Crippen LogP) is 0.606. The van der Waals surface area contributed by atoms with Gasteiger partial charge in [-0.2, -0.15) is 0 Å². The second-order valence-corrected chi connectivity index (χ2v) is 2.02.